The van der Waals surface area contributed by atoms with Crippen LogP contribution in [0.25, 0.3) is 0 Å². The second-order valence-electron chi connectivity index (χ2n) is 4.74. The van der Waals surface area contributed by atoms with Crippen LogP contribution >= 0.6 is 0 Å². The highest BCUT2D eigenvalue weighted by Crippen LogP contribution is 2.15. The lowest BCUT2D eigenvalue weighted by Gasteiger charge is -2.13. The number of aryl methyl sites for hydroxylation is 1. The minimum absolute atomic E-state index is 0.128. The van der Waals surface area contributed by atoms with E-state index in [2.05, 4.69) is 10.3 Å². The van der Waals surface area contributed by atoms with Crippen LogP contribution in [0.15, 0.2) is 36.5 Å². The molecule has 2 rings (SSSR count). The Hall–Kier alpha value is -2.90. The van der Waals surface area contributed by atoms with Crippen LogP contribution in [-0.2, 0) is 11.3 Å². The smallest absolute Gasteiger partial charge is 0.412 e. The van der Waals surface area contributed by atoms with Crippen molar-refractivity contribution >= 4 is 17.6 Å². The van der Waals surface area contributed by atoms with Crippen molar-refractivity contribution in [3.05, 3.63) is 52.5 Å². The van der Waals surface area contributed by atoms with Gasteiger partial charge in [0.1, 0.15) is 18.8 Å². The second kappa shape index (κ2) is 6.70. The van der Waals surface area contributed by atoms with Crippen LogP contribution in [0, 0.1) is 17.0 Å². The monoisotopic (exact) mass is 304 g/mol. The Labute approximate surface area is 126 Å². The van der Waals surface area contributed by atoms with Crippen molar-refractivity contribution in [3.8, 4) is 0 Å². The van der Waals surface area contributed by atoms with Gasteiger partial charge >= 0.3 is 11.9 Å². The van der Waals surface area contributed by atoms with Crippen molar-refractivity contribution in [2.45, 2.75) is 26.5 Å². The van der Waals surface area contributed by atoms with Crippen LogP contribution in [0.5, 0.6) is 0 Å². The fourth-order valence-electron chi connectivity index (χ4n) is 1.97. The van der Waals surface area contributed by atoms with Gasteiger partial charge in [0.25, 0.3) is 0 Å². The molecule has 0 saturated heterocycles. The van der Waals surface area contributed by atoms with E-state index in [9.17, 15) is 14.9 Å². The van der Waals surface area contributed by atoms with Gasteiger partial charge in [-0.05, 0) is 24.0 Å². The molecule has 1 unspecified atom stereocenters. The van der Waals surface area contributed by atoms with Gasteiger partial charge in [-0.25, -0.2) is 14.3 Å². The van der Waals surface area contributed by atoms with Crippen molar-refractivity contribution < 1.29 is 14.5 Å². The van der Waals surface area contributed by atoms with Crippen molar-refractivity contribution in [1.29, 1.82) is 0 Å². The molecule has 0 bridgehead atoms. The highest BCUT2D eigenvalue weighted by molar-refractivity contribution is 5.84. The van der Waals surface area contributed by atoms with Gasteiger partial charge in [-0.15, -0.1) is 0 Å². The zero-order valence-electron chi connectivity index (χ0n) is 12.2. The van der Waals surface area contributed by atoms with Gasteiger partial charge in [0.05, 0.1) is 0 Å². The first-order chi connectivity index (χ1) is 10.5. The molecule has 1 N–H and O–H groups in total. The number of hydrogen-bond acceptors (Lipinski definition) is 5. The number of ether oxygens (including phenoxy) is 1. The minimum Gasteiger partial charge on any atom is -0.442 e. The summed E-state index contributed by atoms with van der Waals surface area (Å²) in [5.41, 5.74) is 0.615. The van der Waals surface area contributed by atoms with Crippen LogP contribution < -0.4 is 5.32 Å². The highest BCUT2D eigenvalue weighted by Gasteiger charge is 2.21. The molecule has 0 aliphatic heterocycles. The molecule has 0 saturated carbocycles. The fourth-order valence-corrected chi connectivity index (χ4v) is 1.97. The molecule has 1 aromatic carbocycles. The first kappa shape index (κ1) is 15.5. The summed E-state index contributed by atoms with van der Waals surface area (Å²) in [5.74, 6) is 0.363. The molecule has 1 aromatic heterocycles. The predicted octanol–water partition coefficient (Wildman–Crippen LogP) is 2.74. The SMILES string of the molecule is Cc1ncc([N+](=O)[O-])n1CC(C)OC(=O)Nc1ccccc1. The number of nitrogens with zero attached hydrogens (tertiary/aromatic N) is 3. The topological polar surface area (TPSA) is 99.3 Å². The molecule has 0 aliphatic carbocycles. The molecule has 1 atom stereocenters. The fraction of sp³-hybridized carbons (Fsp3) is 0.286. The van der Waals surface area contributed by atoms with Gasteiger partial charge in [0.15, 0.2) is 5.82 Å². The van der Waals surface area contributed by atoms with E-state index in [1.54, 1.807) is 38.1 Å². The van der Waals surface area contributed by atoms with Gasteiger partial charge in [-0.1, -0.05) is 18.2 Å². The number of nitro groups is 1. The van der Waals surface area contributed by atoms with Crippen LogP contribution in [0.3, 0.4) is 0 Å². The molecule has 22 heavy (non-hydrogen) atoms. The third-order valence-corrected chi connectivity index (χ3v) is 2.99. The maximum atomic E-state index is 11.8. The molecule has 0 radical (unpaired) electrons. The summed E-state index contributed by atoms with van der Waals surface area (Å²) in [6, 6.07) is 8.88. The number of amides is 1. The third-order valence-electron chi connectivity index (χ3n) is 2.99. The van der Waals surface area contributed by atoms with E-state index in [1.807, 2.05) is 6.07 Å². The van der Waals surface area contributed by atoms with Crippen molar-refractivity contribution in [1.82, 2.24) is 9.55 Å². The molecule has 0 aliphatic rings. The molecule has 8 heteroatoms. The maximum absolute atomic E-state index is 11.8. The molecular formula is C14H16N4O4. The Kier molecular flexibility index (Phi) is 4.72. The van der Waals surface area contributed by atoms with Crippen LogP contribution in [0.4, 0.5) is 16.3 Å². The van der Waals surface area contributed by atoms with Crippen molar-refractivity contribution in [2.75, 3.05) is 5.32 Å². The maximum Gasteiger partial charge on any atom is 0.412 e. The normalized spacial score (nSPS) is 11.7. The molecule has 0 spiro atoms. The quantitative estimate of drug-likeness (QED) is 0.676. The summed E-state index contributed by atoms with van der Waals surface area (Å²) in [6.07, 6.45) is 0.0287. The lowest BCUT2D eigenvalue weighted by Crippen LogP contribution is -2.25. The first-order valence-electron chi connectivity index (χ1n) is 6.66. The van der Waals surface area contributed by atoms with Crippen LogP contribution in [-0.4, -0.2) is 26.7 Å². The Morgan fingerprint density at radius 1 is 1.45 bits per heavy atom. The van der Waals surface area contributed by atoms with Crippen molar-refractivity contribution in [3.63, 3.8) is 0 Å². The van der Waals surface area contributed by atoms with Crippen LogP contribution in [0.1, 0.15) is 12.7 Å². The number of imidazole rings is 1. The van der Waals surface area contributed by atoms with E-state index in [1.165, 1.54) is 10.8 Å². The van der Waals surface area contributed by atoms with Gasteiger partial charge in [0, 0.05) is 12.6 Å². The molecule has 116 valence electrons. The van der Waals surface area contributed by atoms with Crippen molar-refractivity contribution in [2.24, 2.45) is 0 Å². The Bertz CT molecular complexity index is 669. The number of benzene rings is 1. The average molecular weight is 304 g/mol. The van der Waals surface area contributed by atoms with Gasteiger partial charge < -0.3 is 14.9 Å². The zero-order valence-corrected chi connectivity index (χ0v) is 12.2. The number of rotatable bonds is 5. The molecule has 1 heterocycles. The molecule has 0 fully saturated rings. The zero-order chi connectivity index (χ0) is 16.1. The van der Waals surface area contributed by atoms with Gasteiger partial charge in [-0.2, -0.15) is 0 Å². The number of carbonyl (C=O) groups is 1. The summed E-state index contributed by atoms with van der Waals surface area (Å²) in [6.45, 7) is 3.47. The number of nitrogens with one attached hydrogen (secondary N) is 1. The van der Waals surface area contributed by atoms with Crippen LogP contribution in [0.2, 0.25) is 0 Å². The summed E-state index contributed by atoms with van der Waals surface area (Å²) in [7, 11) is 0. The first-order valence-corrected chi connectivity index (χ1v) is 6.66. The summed E-state index contributed by atoms with van der Waals surface area (Å²) in [5, 5.41) is 13.5. The number of carbonyl (C=O) groups excluding carboxylic acids is 1. The van der Waals surface area contributed by atoms with Gasteiger partial charge in [-0.3, -0.25) is 5.32 Å². The minimum atomic E-state index is -0.612. The Morgan fingerprint density at radius 3 is 2.77 bits per heavy atom. The number of anilines is 1. The predicted molar refractivity (Wildman–Crippen MR) is 79.6 cm³/mol. The van der Waals surface area contributed by atoms with E-state index in [0.29, 0.717) is 11.5 Å². The molecule has 8 nitrogen and oxygen atoms in total. The Balaban J connectivity index is 1.96. The standard InChI is InChI=1S/C14H16N4O4/c1-10(9-17-11(2)15-8-13(17)18(20)21)22-14(19)16-12-6-4-3-5-7-12/h3-8,10H,9H2,1-2H3,(H,16,19). The number of para-hydroxylation sites is 1. The van der Waals surface area contributed by atoms with E-state index < -0.39 is 17.1 Å². The highest BCUT2D eigenvalue weighted by atomic mass is 16.6. The van der Waals surface area contributed by atoms with E-state index in [0.717, 1.165) is 0 Å². The average Bonchev–Trinajstić information content (AvgIpc) is 2.81. The summed E-state index contributed by atoms with van der Waals surface area (Å²) in [4.78, 5) is 26.1. The second-order valence-corrected chi connectivity index (χ2v) is 4.74. The molecule has 2 aromatic rings. The molecular weight excluding hydrogens is 288 g/mol. The largest absolute Gasteiger partial charge is 0.442 e. The summed E-state index contributed by atoms with van der Waals surface area (Å²) >= 11 is 0. The lowest BCUT2D eigenvalue weighted by molar-refractivity contribution is -0.392. The van der Waals surface area contributed by atoms with E-state index in [-0.39, 0.29) is 12.4 Å². The summed E-state index contributed by atoms with van der Waals surface area (Å²) < 4.78 is 6.60. The lowest BCUT2D eigenvalue weighted by atomic mass is 10.3. The molecule has 1 amide bonds. The van der Waals surface area contributed by atoms with Gasteiger partial charge in [0.2, 0.25) is 0 Å². The van der Waals surface area contributed by atoms with E-state index in [4.69, 9.17) is 4.74 Å². The number of aromatic nitrogens is 2. The Morgan fingerprint density at radius 2 is 2.14 bits per heavy atom. The number of hydrogen-bond donors (Lipinski definition) is 1. The third kappa shape index (κ3) is 3.81. The van der Waals surface area contributed by atoms with E-state index >= 15 is 0 Å².